The Hall–Kier alpha value is -1.09. The quantitative estimate of drug-likeness (QED) is 0.262. The fraction of sp³-hybridized carbons (Fsp3) is 0.727. The molecule has 2 rings (SSSR count). The zero-order valence-corrected chi connectivity index (χ0v) is 20.9. The molecule has 1 saturated carbocycles. The van der Waals surface area contributed by atoms with Crippen LogP contribution >= 0.6 is 24.0 Å². The minimum Gasteiger partial charge on any atom is -0.474 e. The molecule has 0 spiro atoms. The molecule has 1 aliphatic carbocycles. The number of guanidine groups is 1. The number of halogens is 1. The fourth-order valence-corrected chi connectivity index (χ4v) is 3.65. The molecule has 2 N–H and O–H groups in total. The molecule has 1 fully saturated rings. The Labute approximate surface area is 194 Å². The molecule has 0 aromatic carbocycles. The van der Waals surface area contributed by atoms with Gasteiger partial charge in [0.1, 0.15) is 6.10 Å². The molecule has 0 saturated heterocycles. The maximum atomic E-state index is 6.01. The van der Waals surface area contributed by atoms with E-state index in [1.54, 1.807) is 0 Å². The van der Waals surface area contributed by atoms with Crippen molar-refractivity contribution in [2.24, 2.45) is 4.99 Å². The summed E-state index contributed by atoms with van der Waals surface area (Å²) in [5.41, 5.74) is 1.15. The molecule has 1 aromatic heterocycles. The maximum Gasteiger partial charge on any atom is 0.213 e. The number of hydrogen-bond donors (Lipinski definition) is 2. The van der Waals surface area contributed by atoms with Crippen molar-refractivity contribution in [2.45, 2.75) is 78.0 Å². The first-order valence-corrected chi connectivity index (χ1v) is 11.0. The first kappa shape index (κ1) is 25.9. The second kappa shape index (κ2) is 14.8. The molecule has 29 heavy (non-hydrogen) atoms. The van der Waals surface area contributed by atoms with Crippen molar-refractivity contribution >= 4 is 29.9 Å². The van der Waals surface area contributed by atoms with Gasteiger partial charge in [0.25, 0.3) is 0 Å². The summed E-state index contributed by atoms with van der Waals surface area (Å²) in [5, 5.41) is 6.90. The van der Waals surface area contributed by atoms with E-state index in [2.05, 4.69) is 46.3 Å². The van der Waals surface area contributed by atoms with Crippen LogP contribution in [0.1, 0.15) is 64.9 Å². The normalized spacial score (nSPS) is 15.8. The van der Waals surface area contributed by atoms with E-state index in [-0.39, 0.29) is 24.0 Å². The highest BCUT2D eigenvalue weighted by atomic mass is 127. The number of aromatic nitrogens is 1. The summed E-state index contributed by atoms with van der Waals surface area (Å²) in [7, 11) is 1.82. The van der Waals surface area contributed by atoms with Crippen molar-refractivity contribution in [2.75, 3.05) is 26.7 Å². The van der Waals surface area contributed by atoms with Gasteiger partial charge in [-0.2, -0.15) is 0 Å². The molecule has 1 aliphatic rings. The lowest BCUT2D eigenvalue weighted by Gasteiger charge is -2.21. The minimum absolute atomic E-state index is 0. The number of aliphatic imine (C=N–C) groups is 1. The monoisotopic (exact) mass is 517 g/mol. The Kier molecular flexibility index (Phi) is 13.3. The van der Waals surface area contributed by atoms with Gasteiger partial charge in [-0.3, -0.25) is 4.99 Å². The Balaban J connectivity index is 0.00000420. The summed E-state index contributed by atoms with van der Waals surface area (Å²) in [6.07, 6.45) is 9.31. The smallest absolute Gasteiger partial charge is 0.213 e. The predicted octanol–water partition coefficient (Wildman–Crippen LogP) is 4.20. The van der Waals surface area contributed by atoms with Crippen molar-refractivity contribution < 1.29 is 4.74 Å². The highest BCUT2D eigenvalue weighted by Gasteiger charge is 2.17. The van der Waals surface area contributed by atoms with E-state index in [0.29, 0.717) is 18.7 Å². The van der Waals surface area contributed by atoms with Crippen molar-refractivity contribution in [3.63, 3.8) is 0 Å². The first-order valence-electron chi connectivity index (χ1n) is 11.0. The minimum atomic E-state index is 0. The standard InChI is InChI=1S/C22H39N5O.HI/c1-5-27(6-2)15-9-10-18(3)26-22(23-4)25-17-19-13-14-24-21(16-19)28-20-11-7-8-12-20;/h13-14,16,18,20H,5-12,15,17H2,1-4H3,(H2,23,25,26);1H. The molecule has 0 aliphatic heterocycles. The molecule has 0 bridgehead atoms. The van der Waals surface area contributed by atoms with Gasteiger partial charge in [0.05, 0.1) is 0 Å². The van der Waals surface area contributed by atoms with Crippen LogP contribution in [0.4, 0.5) is 0 Å². The summed E-state index contributed by atoms with van der Waals surface area (Å²) in [4.78, 5) is 11.2. The molecule has 1 atom stereocenters. The van der Waals surface area contributed by atoms with Crippen LogP contribution in [0.5, 0.6) is 5.88 Å². The zero-order chi connectivity index (χ0) is 20.2. The van der Waals surface area contributed by atoms with E-state index in [4.69, 9.17) is 4.74 Å². The fourth-order valence-electron chi connectivity index (χ4n) is 3.65. The van der Waals surface area contributed by atoms with E-state index in [0.717, 1.165) is 56.3 Å². The summed E-state index contributed by atoms with van der Waals surface area (Å²) in [5.74, 6) is 1.57. The Bertz CT molecular complexity index is 588. The topological polar surface area (TPSA) is 61.8 Å². The predicted molar refractivity (Wildman–Crippen MR) is 132 cm³/mol. The van der Waals surface area contributed by atoms with Crippen LogP contribution in [0.3, 0.4) is 0 Å². The molecule has 0 radical (unpaired) electrons. The lowest BCUT2D eigenvalue weighted by Crippen LogP contribution is -2.42. The highest BCUT2D eigenvalue weighted by molar-refractivity contribution is 14.0. The first-order chi connectivity index (χ1) is 13.6. The van der Waals surface area contributed by atoms with Crippen molar-refractivity contribution in [3.05, 3.63) is 23.9 Å². The Morgan fingerprint density at radius 2 is 2.03 bits per heavy atom. The van der Waals surface area contributed by atoms with Crippen LogP contribution in [0.15, 0.2) is 23.3 Å². The number of nitrogens with zero attached hydrogens (tertiary/aromatic N) is 3. The largest absolute Gasteiger partial charge is 0.474 e. The average Bonchev–Trinajstić information content (AvgIpc) is 3.21. The third-order valence-corrected chi connectivity index (χ3v) is 5.46. The van der Waals surface area contributed by atoms with Gasteiger partial charge in [-0.05, 0) is 76.7 Å². The molecule has 166 valence electrons. The molecule has 1 heterocycles. The lowest BCUT2D eigenvalue weighted by molar-refractivity contribution is 0.201. The van der Waals surface area contributed by atoms with Gasteiger partial charge in [-0.1, -0.05) is 13.8 Å². The van der Waals surface area contributed by atoms with Gasteiger partial charge in [0.15, 0.2) is 5.96 Å². The number of rotatable bonds is 11. The zero-order valence-electron chi connectivity index (χ0n) is 18.6. The molecule has 1 aromatic rings. The van der Waals surface area contributed by atoms with Gasteiger partial charge in [-0.15, -0.1) is 24.0 Å². The van der Waals surface area contributed by atoms with Gasteiger partial charge in [0.2, 0.25) is 5.88 Å². The summed E-state index contributed by atoms with van der Waals surface area (Å²) in [6.45, 7) is 10.8. The van der Waals surface area contributed by atoms with Gasteiger partial charge in [-0.25, -0.2) is 4.98 Å². The average molecular weight is 518 g/mol. The Morgan fingerprint density at radius 1 is 1.31 bits per heavy atom. The second-order valence-corrected chi connectivity index (χ2v) is 7.67. The van der Waals surface area contributed by atoms with Gasteiger partial charge < -0.3 is 20.3 Å². The van der Waals surface area contributed by atoms with Crippen LogP contribution in [-0.2, 0) is 6.54 Å². The summed E-state index contributed by atoms with van der Waals surface area (Å²) >= 11 is 0. The number of nitrogens with one attached hydrogen (secondary N) is 2. The van der Waals surface area contributed by atoms with E-state index < -0.39 is 0 Å². The molecule has 1 unspecified atom stereocenters. The van der Waals surface area contributed by atoms with E-state index in [1.165, 1.54) is 19.3 Å². The van der Waals surface area contributed by atoms with E-state index >= 15 is 0 Å². The number of hydrogen-bond acceptors (Lipinski definition) is 4. The molecule has 0 amide bonds. The number of ether oxygens (including phenoxy) is 1. The van der Waals surface area contributed by atoms with Crippen molar-refractivity contribution in [1.82, 2.24) is 20.5 Å². The second-order valence-electron chi connectivity index (χ2n) is 7.67. The van der Waals surface area contributed by atoms with Crippen LogP contribution < -0.4 is 15.4 Å². The van der Waals surface area contributed by atoms with Crippen LogP contribution in [-0.4, -0.2) is 54.7 Å². The molecular weight excluding hydrogens is 477 g/mol. The van der Waals surface area contributed by atoms with Gasteiger partial charge >= 0.3 is 0 Å². The van der Waals surface area contributed by atoms with E-state index in [9.17, 15) is 0 Å². The highest BCUT2D eigenvalue weighted by Crippen LogP contribution is 2.23. The van der Waals surface area contributed by atoms with Crippen LogP contribution in [0.25, 0.3) is 0 Å². The number of pyridine rings is 1. The van der Waals surface area contributed by atoms with E-state index in [1.807, 2.05) is 25.4 Å². The molecule has 7 heteroatoms. The third kappa shape index (κ3) is 9.98. The molecule has 6 nitrogen and oxygen atoms in total. The Morgan fingerprint density at radius 3 is 2.69 bits per heavy atom. The third-order valence-electron chi connectivity index (χ3n) is 5.46. The summed E-state index contributed by atoms with van der Waals surface area (Å²) in [6, 6.07) is 4.45. The molecular formula is C22H40IN5O. The lowest BCUT2D eigenvalue weighted by atomic mass is 10.2. The van der Waals surface area contributed by atoms with Crippen LogP contribution in [0.2, 0.25) is 0 Å². The van der Waals surface area contributed by atoms with Gasteiger partial charge in [0, 0.05) is 31.9 Å². The SMILES string of the molecule is CCN(CC)CCCC(C)NC(=NC)NCc1ccnc(OC2CCCC2)c1.I. The van der Waals surface area contributed by atoms with Crippen molar-refractivity contribution in [1.29, 1.82) is 0 Å². The summed E-state index contributed by atoms with van der Waals surface area (Å²) < 4.78 is 6.01. The maximum absolute atomic E-state index is 6.01. The van der Waals surface area contributed by atoms with Crippen LogP contribution in [0, 0.1) is 0 Å². The van der Waals surface area contributed by atoms with Crippen molar-refractivity contribution in [3.8, 4) is 5.88 Å².